The van der Waals surface area contributed by atoms with E-state index in [0.29, 0.717) is 4.57 Å². The Morgan fingerprint density at radius 1 is 1.27 bits per heavy atom. The van der Waals surface area contributed by atoms with Crippen LogP contribution in [0.3, 0.4) is 0 Å². The molecule has 0 saturated heterocycles. The molecule has 1 saturated carbocycles. The molecule has 1 fully saturated rings. The lowest BCUT2D eigenvalue weighted by molar-refractivity contribution is -0.141. The summed E-state index contributed by atoms with van der Waals surface area (Å²) in [4.78, 5) is 45.6. The number of anilines is 3. The highest BCUT2D eigenvalue weighted by Crippen LogP contribution is 2.31. The quantitative estimate of drug-likeness (QED) is 0.512. The average Bonchev–Trinajstić information content (AvgIpc) is 3.53. The third-order valence-electron chi connectivity index (χ3n) is 5.02. The van der Waals surface area contributed by atoms with Crippen LogP contribution in [0.15, 0.2) is 29.6 Å². The van der Waals surface area contributed by atoms with Gasteiger partial charge in [0.15, 0.2) is 0 Å². The largest absolute Gasteiger partial charge is 0.406 e. The number of rotatable bonds is 6. The minimum absolute atomic E-state index is 0.00938. The van der Waals surface area contributed by atoms with E-state index in [4.69, 9.17) is 4.11 Å². The zero-order chi connectivity index (χ0) is 26.4. The highest BCUT2D eigenvalue weighted by Gasteiger charge is 2.31. The first-order valence-electron chi connectivity index (χ1n) is 11.2. The fourth-order valence-electron chi connectivity index (χ4n) is 3.30. The van der Waals surface area contributed by atoms with Gasteiger partial charge in [-0.15, -0.1) is 0 Å². The first-order valence-corrected chi connectivity index (χ1v) is 9.73. The van der Waals surface area contributed by atoms with Crippen LogP contribution in [0.25, 0.3) is 11.0 Å². The van der Waals surface area contributed by atoms with Crippen LogP contribution < -0.4 is 21.5 Å². The Labute approximate surface area is 189 Å². The number of pyridine rings is 1. The van der Waals surface area contributed by atoms with E-state index in [0.717, 1.165) is 25.4 Å². The van der Waals surface area contributed by atoms with Crippen molar-refractivity contribution in [2.24, 2.45) is 13.0 Å². The minimum Gasteiger partial charge on any atom is -0.355 e. The van der Waals surface area contributed by atoms with E-state index in [-0.39, 0.29) is 45.6 Å². The van der Waals surface area contributed by atoms with Gasteiger partial charge in [0.25, 0.3) is 11.5 Å². The molecule has 3 aromatic heterocycles. The van der Waals surface area contributed by atoms with Gasteiger partial charge in [-0.1, -0.05) is 0 Å². The van der Waals surface area contributed by atoms with Crippen molar-refractivity contribution in [2.75, 3.05) is 17.6 Å². The van der Waals surface area contributed by atoms with Crippen molar-refractivity contribution in [3.8, 4) is 0 Å². The molecule has 0 atom stereocenters. The molecule has 10 nitrogen and oxygen atoms in total. The smallest absolute Gasteiger partial charge is 0.355 e. The zero-order valence-corrected chi connectivity index (χ0v) is 17.2. The number of nitrogens with one attached hydrogen (secondary N) is 3. The Kier molecular flexibility index (Phi) is 4.65. The second kappa shape index (κ2) is 8.22. The lowest BCUT2D eigenvalue weighted by Crippen LogP contribution is -2.28. The Hall–Kier alpha value is -3.90. The molecule has 3 N–H and O–H groups in total. The monoisotopic (exact) mass is 466 g/mol. The van der Waals surface area contributed by atoms with E-state index in [2.05, 4.69) is 20.6 Å². The topological polar surface area (TPSA) is 123 Å². The van der Waals surface area contributed by atoms with Gasteiger partial charge in [0.1, 0.15) is 29.7 Å². The fourth-order valence-corrected chi connectivity index (χ4v) is 3.30. The summed E-state index contributed by atoms with van der Waals surface area (Å²) >= 11 is 0. The summed E-state index contributed by atoms with van der Waals surface area (Å²) in [5, 5.41) is 7.03. The van der Waals surface area contributed by atoms with Gasteiger partial charge in [0.2, 0.25) is 5.91 Å². The van der Waals surface area contributed by atoms with Crippen molar-refractivity contribution in [1.29, 1.82) is 0 Å². The van der Waals surface area contributed by atoms with Crippen LogP contribution in [0.5, 0.6) is 0 Å². The number of hydrogen-bond acceptors (Lipinski definition) is 6. The molecule has 0 aromatic carbocycles. The maximum absolute atomic E-state index is 12.9. The van der Waals surface area contributed by atoms with Crippen LogP contribution in [0.2, 0.25) is 0 Å². The van der Waals surface area contributed by atoms with Crippen molar-refractivity contribution >= 4 is 40.0 Å². The number of carbonyl (C=O) groups excluding carboxylic acids is 2. The van der Waals surface area contributed by atoms with Gasteiger partial charge >= 0.3 is 6.18 Å². The molecule has 2 amide bonds. The summed E-state index contributed by atoms with van der Waals surface area (Å²) < 4.78 is 62.4. The highest BCUT2D eigenvalue weighted by atomic mass is 19.4. The number of hydrogen-bond donors (Lipinski definition) is 3. The second-order valence-electron chi connectivity index (χ2n) is 7.60. The summed E-state index contributed by atoms with van der Waals surface area (Å²) in [5.74, 6) is -1.42. The molecule has 1 aliphatic rings. The molecule has 1 aliphatic carbocycles. The van der Waals surface area contributed by atoms with Gasteiger partial charge in [-0.25, -0.2) is 9.97 Å². The number of aromatic nitrogens is 4. The highest BCUT2D eigenvalue weighted by molar-refractivity contribution is 6.02. The number of nitrogens with zero attached hydrogens (tertiary/aromatic N) is 4. The predicted molar refractivity (Wildman–Crippen MR) is 113 cm³/mol. The summed E-state index contributed by atoms with van der Waals surface area (Å²) in [5.41, 5.74) is -1.19. The van der Waals surface area contributed by atoms with Crippen LogP contribution in [0.1, 0.15) is 27.3 Å². The second-order valence-corrected chi connectivity index (χ2v) is 7.60. The lowest BCUT2D eigenvalue weighted by Gasteiger charge is -2.13. The molecule has 0 radical (unpaired) electrons. The molecular formula is C20H20F3N7O3. The van der Waals surface area contributed by atoms with Crippen LogP contribution in [0.4, 0.5) is 30.4 Å². The van der Waals surface area contributed by atoms with Gasteiger partial charge in [-0.2, -0.15) is 13.2 Å². The predicted octanol–water partition coefficient (Wildman–Crippen LogP) is 2.14. The summed E-state index contributed by atoms with van der Waals surface area (Å²) in [6.07, 6.45) is -0.00799. The first kappa shape index (κ1) is 18.7. The van der Waals surface area contributed by atoms with Crippen molar-refractivity contribution < 1.29 is 26.9 Å². The Morgan fingerprint density at radius 2 is 2.03 bits per heavy atom. The molecule has 0 aliphatic heterocycles. The fraction of sp³-hybridized carbons (Fsp3) is 0.350. The van der Waals surface area contributed by atoms with E-state index >= 15 is 0 Å². The van der Waals surface area contributed by atoms with Gasteiger partial charge in [0, 0.05) is 42.5 Å². The van der Waals surface area contributed by atoms with E-state index < -0.39 is 31.2 Å². The number of amides is 2. The van der Waals surface area contributed by atoms with Crippen molar-refractivity contribution in [2.45, 2.75) is 25.6 Å². The van der Waals surface area contributed by atoms with Crippen molar-refractivity contribution in [3.05, 3.63) is 40.7 Å². The van der Waals surface area contributed by atoms with Gasteiger partial charge in [-0.05, 0) is 12.8 Å². The average molecular weight is 466 g/mol. The third kappa shape index (κ3) is 4.66. The molecule has 0 bridgehead atoms. The Morgan fingerprint density at radius 3 is 2.70 bits per heavy atom. The van der Waals surface area contributed by atoms with E-state index in [1.807, 2.05) is 5.32 Å². The van der Waals surface area contributed by atoms with Gasteiger partial charge in [0.05, 0.1) is 16.9 Å². The number of alkyl halides is 3. The minimum atomic E-state index is -4.66. The van der Waals surface area contributed by atoms with Gasteiger partial charge < -0.3 is 20.5 Å². The standard InChI is InChI=1S/C20H20F3N7O3/c1-24-18(32)11-6-25-14(28-17(31)10-3-4-10)5-12(11)27-13-7-29(2)16-15(13)19(33)30(9-26-16)8-20(21,22)23/h5-7,9-10H,3-4,8H2,1-2H3,(H,24,32)(H2,25,27,28,31)/i1D3. The third-order valence-corrected chi connectivity index (χ3v) is 5.02. The number of aryl methyl sites for hydroxylation is 1. The summed E-state index contributed by atoms with van der Waals surface area (Å²) in [6.45, 7) is -4.37. The maximum atomic E-state index is 12.9. The molecule has 33 heavy (non-hydrogen) atoms. The Bertz CT molecular complexity index is 1410. The molecule has 3 aromatic rings. The van der Waals surface area contributed by atoms with E-state index in [1.165, 1.54) is 23.9 Å². The summed E-state index contributed by atoms with van der Waals surface area (Å²) in [6, 6.07) is 1.26. The number of halogens is 3. The van der Waals surface area contributed by atoms with Crippen LogP contribution in [-0.2, 0) is 18.4 Å². The zero-order valence-electron chi connectivity index (χ0n) is 20.2. The maximum Gasteiger partial charge on any atom is 0.406 e. The van der Waals surface area contributed by atoms with Crippen LogP contribution >= 0.6 is 0 Å². The SMILES string of the molecule is [2H]C([2H])([2H])NC(=O)c1cnc(NC(=O)C2CC2)cc1Nc1cn(C)c2ncn(CC(F)(F)F)c(=O)c12. The number of fused-ring (bicyclic) bond motifs is 1. The molecular weight excluding hydrogens is 443 g/mol. The van der Waals surface area contributed by atoms with Crippen LogP contribution in [0, 0.1) is 5.92 Å². The molecule has 4 rings (SSSR count). The molecule has 174 valence electrons. The van der Waals surface area contributed by atoms with E-state index in [9.17, 15) is 27.6 Å². The lowest BCUT2D eigenvalue weighted by atomic mass is 10.2. The van der Waals surface area contributed by atoms with Crippen LogP contribution in [-0.4, -0.2) is 44.1 Å². The number of carbonyl (C=O) groups is 2. The molecule has 0 unspecified atom stereocenters. The van der Waals surface area contributed by atoms with Gasteiger partial charge in [-0.3, -0.25) is 19.0 Å². The summed E-state index contributed by atoms with van der Waals surface area (Å²) in [7, 11) is 1.52. The molecule has 0 spiro atoms. The molecule has 13 heteroatoms. The first-order chi connectivity index (χ1) is 16.7. The molecule has 3 heterocycles. The van der Waals surface area contributed by atoms with Crippen molar-refractivity contribution in [3.63, 3.8) is 0 Å². The van der Waals surface area contributed by atoms with Crippen molar-refractivity contribution in [1.82, 2.24) is 24.4 Å². The Balaban J connectivity index is 1.78. The normalized spacial score (nSPS) is 15.5. The van der Waals surface area contributed by atoms with E-state index in [1.54, 1.807) is 0 Å².